The quantitative estimate of drug-likeness (QED) is 0.110. The average Bonchev–Trinajstić information content (AvgIpc) is 3.49. The number of esters is 1. The molecule has 2 aromatic heterocycles. The van der Waals surface area contributed by atoms with Gasteiger partial charge in [-0.3, -0.25) is 9.58 Å². The number of fused-ring (bicyclic) bond motifs is 2. The van der Waals surface area contributed by atoms with Gasteiger partial charge in [0.25, 0.3) is 0 Å². The summed E-state index contributed by atoms with van der Waals surface area (Å²) < 4.78 is 30.3. The van der Waals surface area contributed by atoms with Crippen LogP contribution in [-0.2, 0) is 24.8 Å². The minimum atomic E-state index is -0.680. The summed E-state index contributed by atoms with van der Waals surface area (Å²) in [5.74, 6) is 0.0753. The highest BCUT2D eigenvalue weighted by molar-refractivity contribution is 6.35. The molecule has 0 N–H and O–H groups in total. The van der Waals surface area contributed by atoms with E-state index in [0.29, 0.717) is 42.5 Å². The number of hydrogen-bond acceptors (Lipinski definition) is 6. The van der Waals surface area contributed by atoms with Gasteiger partial charge < -0.3 is 18.9 Å². The van der Waals surface area contributed by atoms with Gasteiger partial charge in [-0.25, -0.2) is 9.18 Å². The minimum Gasteiger partial charge on any atom is -0.493 e. The standard InChI is InChI=1S/C39H47ClFN5O3/c1-25-34(26(2)44(7)42-25)35-32(40)16-15-31-30(11-9-23-48-33-12-8-10-27-24-28(41)13-14-29(27)33)37(38(47)49-39(3,4)5)46(36(31)35)22-21-45-19-17-43(6)18-20-45/h8,10,12-16,24H,9,11,17-23H2,1-7H3. The molecule has 3 aromatic carbocycles. The number of rotatable bonds is 10. The third kappa shape index (κ3) is 7.35. The van der Waals surface area contributed by atoms with E-state index in [0.717, 1.165) is 82.5 Å². The number of carbonyl (C=O) groups is 1. The number of likely N-dealkylation sites (N-methyl/N-ethyl adjacent to an activating group) is 1. The molecule has 1 aliphatic heterocycles. The number of hydrogen-bond donors (Lipinski definition) is 0. The number of halogens is 2. The van der Waals surface area contributed by atoms with Gasteiger partial charge in [-0.1, -0.05) is 29.8 Å². The van der Waals surface area contributed by atoms with Crippen LogP contribution in [0.15, 0.2) is 48.5 Å². The van der Waals surface area contributed by atoms with E-state index >= 15 is 0 Å². The van der Waals surface area contributed by atoms with Crippen molar-refractivity contribution < 1.29 is 18.7 Å². The highest BCUT2D eigenvalue weighted by Gasteiger charge is 2.31. The second-order valence-electron chi connectivity index (χ2n) is 14.2. The molecule has 5 aromatic rings. The maximum atomic E-state index is 14.3. The fraction of sp³-hybridized carbons (Fsp3) is 0.436. The van der Waals surface area contributed by atoms with Crippen molar-refractivity contribution in [3.63, 3.8) is 0 Å². The minimum absolute atomic E-state index is 0.278. The molecule has 1 saturated heterocycles. The molecule has 6 rings (SSSR count). The van der Waals surface area contributed by atoms with Crippen LogP contribution in [0.2, 0.25) is 5.02 Å². The van der Waals surface area contributed by atoms with E-state index in [1.54, 1.807) is 6.07 Å². The zero-order chi connectivity index (χ0) is 35.0. The van der Waals surface area contributed by atoms with Crippen molar-refractivity contribution in [2.24, 2.45) is 7.05 Å². The molecule has 49 heavy (non-hydrogen) atoms. The highest BCUT2D eigenvalue weighted by atomic mass is 35.5. The van der Waals surface area contributed by atoms with E-state index in [1.807, 2.05) is 69.8 Å². The summed E-state index contributed by atoms with van der Waals surface area (Å²) in [6, 6.07) is 14.4. The molecule has 0 saturated carbocycles. The number of ether oxygens (including phenoxy) is 2. The number of piperazine rings is 1. The van der Waals surface area contributed by atoms with Gasteiger partial charge >= 0.3 is 5.97 Å². The monoisotopic (exact) mass is 687 g/mol. The third-order valence-corrected chi connectivity index (χ3v) is 9.81. The lowest BCUT2D eigenvalue weighted by molar-refractivity contribution is 0.00560. The summed E-state index contributed by atoms with van der Waals surface area (Å²) >= 11 is 7.10. The van der Waals surface area contributed by atoms with Crippen molar-refractivity contribution in [2.45, 2.75) is 59.6 Å². The van der Waals surface area contributed by atoms with Crippen LogP contribution >= 0.6 is 11.6 Å². The fourth-order valence-electron chi connectivity index (χ4n) is 7.00. The van der Waals surface area contributed by atoms with Gasteiger partial charge in [0.15, 0.2) is 0 Å². The summed E-state index contributed by atoms with van der Waals surface area (Å²) in [6.45, 7) is 15.5. The Kier molecular flexibility index (Phi) is 10.1. The second-order valence-corrected chi connectivity index (χ2v) is 14.6. The Morgan fingerprint density at radius 3 is 2.39 bits per heavy atom. The molecule has 10 heteroatoms. The molecule has 3 heterocycles. The van der Waals surface area contributed by atoms with E-state index < -0.39 is 5.60 Å². The summed E-state index contributed by atoms with van der Waals surface area (Å²) in [4.78, 5) is 19.1. The average molecular weight is 688 g/mol. The molecule has 0 bridgehead atoms. The van der Waals surface area contributed by atoms with E-state index in [2.05, 4.69) is 28.3 Å². The van der Waals surface area contributed by atoms with Crippen LogP contribution in [-0.4, -0.2) is 82.1 Å². The van der Waals surface area contributed by atoms with Gasteiger partial charge in [0.2, 0.25) is 0 Å². The topological polar surface area (TPSA) is 64.8 Å². The van der Waals surface area contributed by atoms with Crippen LogP contribution in [0.1, 0.15) is 54.6 Å². The zero-order valence-electron chi connectivity index (χ0n) is 29.7. The molecule has 1 aliphatic rings. The molecule has 8 nitrogen and oxygen atoms in total. The Bertz CT molecular complexity index is 2000. The molecule has 1 fully saturated rings. The third-order valence-electron chi connectivity index (χ3n) is 9.50. The van der Waals surface area contributed by atoms with Crippen molar-refractivity contribution in [2.75, 3.05) is 46.4 Å². The van der Waals surface area contributed by atoms with Gasteiger partial charge in [-0.2, -0.15) is 5.10 Å². The van der Waals surface area contributed by atoms with Crippen molar-refractivity contribution in [1.29, 1.82) is 0 Å². The van der Waals surface area contributed by atoms with E-state index in [9.17, 15) is 9.18 Å². The van der Waals surface area contributed by atoms with Crippen molar-refractivity contribution in [3.05, 3.63) is 82.0 Å². The summed E-state index contributed by atoms with van der Waals surface area (Å²) in [6.07, 6.45) is 1.23. The maximum absolute atomic E-state index is 14.3. The first-order valence-corrected chi connectivity index (χ1v) is 17.5. The fourth-order valence-corrected chi connectivity index (χ4v) is 7.24. The van der Waals surface area contributed by atoms with Crippen LogP contribution in [0.3, 0.4) is 0 Å². The van der Waals surface area contributed by atoms with Crippen LogP contribution < -0.4 is 4.74 Å². The van der Waals surface area contributed by atoms with E-state index in [1.165, 1.54) is 12.1 Å². The largest absolute Gasteiger partial charge is 0.493 e. The molecule has 0 spiro atoms. The molecule has 0 amide bonds. The first-order chi connectivity index (χ1) is 23.3. The zero-order valence-corrected chi connectivity index (χ0v) is 30.5. The molecular formula is C39H47ClFN5O3. The number of benzene rings is 3. The summed E-state index contributed by atoms with van der Waals surface area (Å²) in [5, 5.41) is 7.97. The number of aromatic nitrogens is 3. The molecule has 0 atom stereocenters. The molecule has 0 aliphatic carbocycles. The Labute approximate surface area is 293 Å². The van der Waals surface area contributed by atoms with Gasteiger partial charge in [-0.05, 0) is 95.8 Å². The van der Waals surface area contributed by atoms with Crippen molar-refractivity contribution in [1.82, 2.24) is 24.1 Å². The Morgan fingerprint density at radius 2 is 1.69 bits per heavy atom. The van der Waals surface area contributed by atoms with Gasteiger partial charge in [0.1, 0.15) is 22.9 Å². The van der Waals surface area contributed by atoms with Crippen LogP contribution in [0.4, 0.5) is 4.39 Å². The highest BCUT2D eigenvalue weighted by Crippen LogP contribution is 2.42. The lowest BCUT2D eigenvalue weighted by Crippen LogP contribution is -2.45. The molecule has 260 valence electrons. The molecule has 0 unspecified atom stereocenters. The predicted octanol–water partition coefficient (Wildman–Crippen LogP) is 7.82. The van der Waals surface area contributed by atoms with Gasteiger partial charge in [0.05, 0.1) is 22.8 Å². The van der Waals surface area contributed by atoms with Crippen molar-refractivity contribution in [3.8, 4) is 16.9 Å². The van der Waals surface area contributed by atoms with Crippen molar-refractivity contribution >= 4 is 39.2 Å². The normalized spacial score (nSPS) is 14.6. The van der Waals surface area contributed by atoms with Crippen LogP contribution in [0.5, 0.6) is 5.75 Å². The smallest absolute Gasteiger partial charge is 0.355 e. The number of aryl methyl sites for hydroxylation is 3. The lowest BCUT2D eigenvalue weighted by atomic mass is 9.98. The summed E-state index contributed by atoms with van der Waals surface area (Å²) in [7, 11) is 4.09. The second kappa shape index (κ2) is 14.1. The number of nitrogens with zero attached hydrogens (tertiary/aromatic N) is 5. The molecular weight excluding hydrogens is 641 g/mol. The number of carbonyl (C=O) groups excluding carboxylic acids is 1. The maximum Gasteiger partial charge on any atom is 0.355 e. The Hall–Kier alpha value is -3.92. The van der Waals surface area contributed by atoms with E-state index in [-0.39, 0.29) is 11.8 Å². The van der Waals surface area contributed by atoms with E-state index in [4.69, 9.17) is 26.2 Å². The van der Waals surface area contributed by atoms with Crippen LogP contribution in [0, 0.1) is 19.7 Å². The Morgan fingerprint density at radius 1 is 0.959 bits per heavy atom. The predicted molar refractivity (Wildman–Crippen MR) is 195 cm³/mol. The van der Waals surface area contributed by atoms with Gasteiger partial charge in [-0.15, -0.1) is 0 Å². The van der Waals surface area contributed by atoms with Gasteiger partial charge in [0, 0.05) is 73.9 Å². The lowest BCUT2D eigenvalue weighted by Gasteiger charge is -2.32. The Balaban J connectivity index is 1.44. The first kappa shape index (κ1) is 34.9. The molecule has 0 radical (unpaired) electrons. The summed E-state index contributed by atoms with van der Waals surface area (Å²) in [5.41, 5.74) is 5.47. The van der Waals surface area contributed by atoms with Crippen LogP contribution in [0.25, 0.3) is 32.8 Å². The first-order valence-electron chi connectivity index (χ1n) is 17.1. The SMILES string of the molecule is Cc1nn(C)c(C)c1-c1c(Cl)ccc2c(CCCOc3cccc4cc(F)ccc34)c(C(=O)OC(C)(C)C)n(CCN3CCN(C)CC3)c12.